The van der Waals surface area contributed by atoms with Crippen LogP contribution in [-0.2, 0) is 14.9 Å². The predicted octanol–water partition coefficient (Wildman–Crippen LogP) is 4.90. The summed E-state index contributed by atoms with van der Waals surface area (Å²) in [5, 5.41) is 9.08. The minimum Gasteiger partial charge on any atom is -0.497 e. The number of ether oxygens (including phenoxy) is 2. The van der Waals surface area contributed by atoms with Crippen LogP contribution in [-0.4, -0.2) is 24.6 Å². The van der Waals surface area contributed by atoms with Crippen LogP contribution in [0.25, 0.3) is 0 Å². The molecule has 1 amide bonds. The fraction of sp³-hybridized carbons (Fsp3) is 0.240. The SMILES string of the molecule is COc1ccc(N2C(=O)C(c3ccccc3)(c3ccccc3)C23N=NC(C)(C)O3)cc1. The predicted molar refractivity (Wildman–Crippen MR) is 117 cm³/mol. The molecule has 1 fully saturated rings. The fourth-order valence-corrected chi connectivity index (χ4v) is 4.57. The average Bonchev–Trinajstić information content (AvgIpc) is 3.13. The first kappa shape index (κ1) is 19.5. The Morgan fingerprint density at radius 2 is 1.35 bits per heavy atom. The van der Waals surface area contributed by atoms with Gasteiger partial charge in [-0.15, -0.1) is 5.11 Å². The van der Waals surface area contributed by atoms with Gasteiger partial charge in [0, 0.05) is 5.69 Å². The molecule has 2 aliphatic rings. The highest BCUT2D eigenvalue weighted by Gasteiger charge is 2.78. The van der Waals surface area contributed by atoms with Crippen molar-refractivity contribution in [2.24, 2.45) is 10.2 Å². The molecule has 0 aliphatic carbocycles. The number of hydrogen-bond donors (Lipinski definition) is 0. The van der Waals surface area contributed by atoms with Crippen LogP contribution in [0.4, 0.5) is 5.69 Å². The molecule has 3 aromatic rings. The summed E-state index contributed by atoms with van der Waals surface area (Å²) in [4.78, 5) is 15.7. The van der Waals surface area contributed by atoms with Gasteiger partial charge in [0.1, 0.15) is 5.75 Å². The number of amides is 1. The fourth-order valence-electron chi connectivity index (χ4n) is 4.57. The van der Waals surface area contributed by atoms with E-state index in [1.807, 2.05) is 98.8 Å². The summed E-state index contributed by atoms with van der Waals surface area (Å²) in [5.74, 6) is -0.755. The first-order valence-corrected chi connectivity index (χ1v) is 10.2. The Bertz CT molecular complexity index is 1100. The van der Waals surface area contributed by atoms with Gasteiger partial charge >= 0.3 is 0 Å². The van der Waals surface area contributed by atoms with Crippen LogP contribution < -0.4 is 9.64 Å². The van der Waals surface area contributed by atoms with Crippen molar-refractivity contribution < 1.29 is 14.3 Å². The Balaban J connectivity index is 1.76. The molecule has 2 aliphatic heterocycles. The number of carbonyl (C=O) groups excluding carboxylic acids is 1. The maximum Gasteiger partial charge on any atom is 0.289 e. The van der Waals surface area contributed by atoms with Crippen molar-refractivity contribution in [3.05, 3.63) is 96.1 Å². The molecule has 0 N–H and O–H groups in total. The van der Waals surface area contributed by atoms with Crippen LogP contribution in [0.15, 0.2) is 95.2 Å². The molecule has 1 atom stereocenters. The molecule has 0 bridgehead atoms. The molecule has 0 aromatic heterocycles. The highest BCUT2D eigenvalue weighted by Crippen LogP contribution is 2.60. The first-order valence-electron chi connectivity index (χ1n) is 10.2. The Morgan fingerprint density at radius 1 is 0.806 bits per heavy atom. The standard InChI is InChI=1S/C25H23N3O3/c1-23(2)26-27-25(31-23)24(18-10-6-4-7-11-18,19-12-8-5-9-13-19)22(29)28(25)20-14-16-21(30-3)17-15-20/h4-17H,1-3H3. The van der Waals surface area contributed by atoms with E-state index in [-0.39, 0.29) is 5.91 Å². The van der Waals surface area contributed by atoms with Gasteiger partial charge in [-0.2, -0.15) is 5.11 Å². The van der Waals surface area contributed by atoms with E-state index < -0.39 is 17.0 Å². The number of hydrogen-bond acceptors (Lipinski definition) is 5. The van der Waals surface area contributed by atoms with Crippen LogP contribution in [0.2, 0.25) is 0 Å². The summed E-state index contributed by atoms with van der Waals surface area (Å²) in [7, 11) is 1.61. The lowest BCUT2D eigenvalue weighted by Crippen LogP contribution is -2.81. The van der Waals surface area contributed by atoms with E-state index in [2.05, 4.69) is 10.2 Å². The number of azo groups is 1. The molecule has 1 unspecified atom stereocenters. The van der Waals surface area contributed by atoms with E-state index in [0.717, 1.165) is 11.1 Å². The maximum atomic E-state index is 14.1. The van der Waals surface area contributed by atoms with E-state index in [4.69, 9.17) is 9.47 Å². The van der Waals surface area contributed by atoms with E-state index in [9.17, 15) is 4.79 Å². The number of nitrogens with zero attached hydrogens (tertiary/aromatic N) is 3. The summed E-state index contributed by atoms with van der Waals surface area (Å²) in [6.45, 7) is 3.70. The van der Waals surface area contributed by atoms with Crippen LogP contribution in [0, 0.1) is 0 Å². The molecule has 2 heterocycles. The van der Waals surface area contributed by atoms with Gasteiger partial charge in [0.05, 0.1) is 7.11 Å². The van der Waals surface area contributed by atoms with E-state index >= 15 is 0 Å². The van der Waals surface area contributed by atoms with Gasteiger partial charge in [0.25, 0.3) is 11.8 Å². The number of rotatable bonds is 4. The summed E-state index contributed by atoms with van der Waals surface area (Å²) >= 11 is 0. The van der Waals surface area contributed by atoms with Crippen LogP contribution >= 0.6 is 0 Å². The van der Waals surface area contributed by atoms with Gasteiger partial charge in [-0.3, -0.25) is 9.69 Å². The average molecular weight is 413 g/mol. The number of carbonyl (C=O) groups is 1. The van der Waals surface area contributed by atoms with Gasteiger partial charge in [-0.1, -0.05) is 60.7 Å². The largest absolute Gasteiger partial charge is 0.497 e. The van der Waals surface area contributed by atoms with E-state index in [1.165, 1.54) is 0 Å². The van der Waals surface area contributed by atoms with Gasteiger partial charge < -0.3 is 9.47 Å². The Kier molecular flexibility index (Phi) is 4.24. The third-order valence-corrected chi connectivity index (χ3v) is 5.88. The van der Waals surface area contributed by atoms with Crippen molar-refractivity contribution in [1.29, 1.82) is 0 Å². The van der Waals surface area contributed by atoms with Gasteiger partial charge in [0.15, 0.2) is 11.1 Å². The summed E-state index contributed by atoms with van der Waals surface area (Å²) < 4.78 is 11.8. The summed E-state index contributed by atoms with van der Waals surface area (Å²) in [6.07, 6.45) is 0. The smallest absolute Gasteiger partial charge is 0.289 e. The lowest BCUT2D eigenvalue weighted by Gasteiger charge is -2.59. The van der Waals surface area contributed by atoms with Crippen molar-refractivity contribution in [1.82, 2.24) is 0 Å². The molecular formula is C25H23N3O3. The molecule has 5 rings (SSSR count). The zero-order chi connectivity index (χ0) is 21.7. The van der Waals surface area contributed by atoms with E-state index in [1.54, 1.807) is 12.0 Å². The van der Waals surface area contributed by atoms with Crippen molar-refractivity contribution >= 4 is 11.6 Å². The van der Waals surface area contributed by atoms with Crippen LogP contribution in [0.1, 0.15) is 25.0 Å². The molecule has 1 saturated heterocycles. The summed E-state index contributed by atoms with van der Waals surface area (Å²) in [6, 6.07) is 26.7. The highest BCUT2D eigenvalue weighted by molar-refractivity contribution is 6.13. The lowest BCUT2D eigenvalue weighted by molar-refractivity contribution is -0.183. The molecule has 6 heteroatoms. The van der Waals surface area contributed by atoms with Gasteiger partial charge in [0.2, 0.25) is 0 Å². The zero-order valence-corrected chi connectivity index (χ0v) is 17.6. The van der Waals surface area contributed by atoms with Gasteiger partial charge in [-0.25, -0.2) is 0 Å². The van der Waals surface area contributed by atoms with Crippen molar-refractivity contribution in [2.75, 3.05) is 12.0 Å². The molecule has 0 radical (unpaired) electrons. The molecule has 0 saturated carbocycles. The second kappa shape index (κ2) is 6.75. The first-order chi connectivity index (χ1) is 14.9. The lowest BCUT2D eigenvalue weighted by atomic mass is 9.62. The second-order valence-corrected chi connectivity index (χ2v) is 8.18. The van der Waals surface area contributed by atoms with Crippen LogP contribution in [0.3, 0.4) is 0 Å². The molecule has 6 nitrogen and oxygen atoms in total. The van der Waals surface area contributed by atoms with Crippen molar-refractivity contribution in [3.63, 3.8) is 0 Å². The van der Waals surface area contributed by atoms with Crippen LogP contribution in [0.5, 0.6) is 5.75 Å². The highest BCUT2D eigenvalue weighted by atomic mass is 16.6. The Labute approximate surface area is 181 Å². The number of methoxy groups -OCH3 is 1. The molecule has 156 valence electrons. The third kappa shape index (κ3) is 2.58. The maximum absolute atomic E-state index is 14.1. The third-order valence-electron chi connectivity index (χ3n) is 5.88. The zero-order valence-electron chi connectivity index (χ0n) is 17.6. The molecule has 1 spiro atoms. The Hall–Kier alpha value is -3.51. The molecule has 3 aromatic carbocycles. The monoisotopic (exact) mass is 413 g/mol. The minimum absolute atomic E-state index is 0.119. The van der Waals surface area contributed by atoms with Crippen molar-refractivity contribution in [2.45, 2.75) is 30.8 Å². The minimum atomic E-state index is -1.34. The normalized spacial score (nSPS) is 23.1. The quantitative estimate of drug-likeness (QED) is 0.572. The molecular weight excluding hydrogens is 390 g/mol. The Morgan fingerprint density at radius 3 is 1.81 bits per heavy atom. The number of benzene rings is 3. The number of β-lactam (4-membered cyclic amide) rings is 1. The molecule has 31 heavy (non-hydrogen) atoms. The number of anilines is 1. The topological polar surface area (TPSA) is 63.5 Å². The van der Waals surface area contributed by atoms with Crippen molar-refractivity contribution in [3.8, 4) is 5.75 Å². The van der Waals surface area contributed by atoms with E-state index in [0.29, 0.717) is 11.4 Å². The summed E-state index contributed by atoms with van der Waals surface area (Å²) in [5.41, 5.74) is 0.262. The second-order valence-electron chi connectivity index (χ2n) is 8.18. The van der Waals surface area contributed by atoms with Gasteiger partial charge in [-0.05, 0) is 49.2 Å².